The predicted molar refractivity (Wildman–Crippen MR) is 108 cm³/mol. The van der Waals surface area contributed by atoms with Crippen LogP contribution >= 0.6 is 11.3 Å². The third-order valence-corrected chi connectivity index (χ3v) is 4.44. The van der Waals surface area contributed by atoms with E-state index in [9.17, 15) is 4.79 Å². The highest BCUT2D eigenvalue weighted by atomic mass is 32.1. The van der Waals surface area contributed by atoms with E-state index in [2.05, 4.69) is 10.5 Å². The van der Waals surface area contributed by atoms with E-state index >= 15 is 0 Å². The molecule has 0 radical (unpaired) electrons. The van der Waals surface area contributed by atoms with Crippen molar-refractivity contribution in [2.45, 2.75) is 6.42 Å². The van der Waals surface area contributed by atoms with E-state index in [-0.39, 0.29) is 5.91 Å². The lowest BCUT2D eigenvalue weighted by molar-refractivity contribution is -0.120. The van der Waals surface area contributed by atoms with Crippen molar-refractivity contribution in [3.63, 3.8) is 0 Å². The fourth-order valence-electron chi connectivity index (χ4n) is 2.28. The zero-order valence-electron chi connectivity index (χ0n) is 14.7. The van der Waals surface area contributed by atoms with E-state index in [0.29, 0.717) is 19.6 Å². The summed E-state index contributed by atoms with van der Waals surface area (Å²) in [6.07, 6.45) is 1.95. The van der Waals surface area contributed by atoms with Crippen LogP contribution in [-0.4, -0.2) is 25.3 Å². The summed E-state index contributed by atoms with van der Waals surface area (Å²) >= 11 is 1.55. The van der Waals surface area contributed by atoms with Gasteiger partial charge in [0.25, 0.3) is 0 Å². The summed E-state index contributed by atoms with van der Waals surface area (Å²) in [5.41, 5.74) is 3.41. The van der Waals surface area contributed by atoms with Gasteiger partial charge in [-0.25, -0.2) is 5.43 Å². The Bertz CT molecular complexity index is 847. The Kier molecular flexibility index (Phi) is 7.00. The van der Waals surface area contributed by atoms with E-state index in [1.54, 1.807) is 17.6 Å². The van der Waals surface area contributed by atoms with Crippen LogP contribution < -0.4 is 14.9 Å². The molecule has 1 amide bonds. The van der Waals surface area contributed by atoms with Crippen LogP contribution in [0, 0.1) is 0 Å². The molecule has 6 heteroatoms. The summed E-state index contributed by atoms with van der Waals surface area (Å²) in [5.74, 6) is 1.45. The maximum absolute atomic E-state index is 11.8. The van der Waals surface area contributed by atoms with Crippen molar-refractivity contribution in [3.05, 3.63) is 82.6 Å². The second-order valence-electron chi connectivity index (χ2n) is 5.63. The van der Waals surface area contributed by atoms with Crippen LogP contribution in [0.1, 0.15) is 10.4 Å². The first-order valence-corrected chi connectivity index (χ1v) is 9.42. The molecule has 0 aliphatic carbocycles. The molecule has 5 nitrogen and oxygen atoms in total. The number of amides is 1. The summed E-state index contributed by atoms with van der Waals surface area (Å²) in [7, 11) is 0. The van der Waals surface area contributed by atoms with E-state index in [4.69, 9.17) is 9.47 Å². The average Bonchev–Trinajstić information content (AvgIpc) is 3.20. The van der Waals surface area contributed by atoms with Gasteiger partial charge in [0.05, 0.1) is 12.6 Å². The van der Waals surface area contributed by atoms with Crippen molar-refractivity contribution < 1.29 is 14.3 Å². The summed E-state index contributed by atoms with van der Waals surface area (Å²) in [6, 6.07) is 21.0. The Balaban J connectivity index is 1.37. The fourth-order valence-corrected chi connectivity index (χ4v) is 2.98. The highest BCUT2D eigenvalue weighted by Crippen LogP contribution is 2.12. The topological polar surface area (TPSA) is 59.9 Å². The van der Waals surface area contributed by atoms with Gasteiger partial charge in [0.15, 0.2) is 0 Å². The van der Waals surface area contributed by atoms with Crippen molar-refractivity contribution in [2.24, 2.45) is 5.10 Å². The molecule has 1 aromatic heterocycles. The Labute approximate surface area is 162 Å². The zero-order chi connectivity index (χ0) is 18.7. The number of nitrogens with one attached hydrogen (secondary N) is 1. The number of para-hydroxylation sites is 1. The largest absolute Gasteiger partial charge is 0.490 e. The van der Waals surface area contributed by atoms with E-state index < -0.39 is 0 Å². The summed E-state index contributed by atoms with van der Waals surface area (Å²) in [5, 5.41) is 5.93. The second-order valence-corrected chi connectivity index (χ2v) is 6.66. The van der Waals surface area contributed by atoms with Gasteiger partial charge in [-0.2, -0.15) is 5.10 Å². The van der Waals surface area contributed by atoms with Gasteiger partial charge in [-0.1, -0.05) is 24.3 Å². The van der Waals surface area contributed by atoms with Crippen molar-refractivity contribution in [1.82, 2.24) is 5.43 Å². The van der Waals surface area contributed by atoms with Gasteiger partial charge in [0.1, 0.15) is 24.7 Å². The standard InChI is InChI=1S/C21H20N2O3S/c24-21(15-20-7-4-14-27-20)23-22-16-17-8-10-19(11-9-17)26-13-12-25-18-5-2-1-3-6-18/h1-11,14,16H,12-13,15H2,(H,23,24)/b22-16-. The van der Waals surface area contributed by atoms with Gasteiger partial charge in [-0.05, 0) is 53.4 Å². The highest BCUT2D eigenvalue weighted by molar-refractivity contribution is 7.10. The van der Waals surface area contributed by atoms with Crippen molar-refractivity contribution in [1.29, 1.82) is 0 Å². The second kappa shape index (κ2) is 10.1. The molecule has 27 heavy (non-hydrogen) atoms. The number of rotatable bonds is 9. The van der Waals surface area contributed by atoms with Crippen LogP contribution in [0.5, 0.6) is 11.5 Å². The molecule has 0 fully saturated rings. The van der Waals surface area contributed by atoms with Crippen LogP contribution in [0.4, 0.5) is 0 Å². The average molecular weight is 380 g/mol. The Morgan fingerprint density at radius 1 is 0.926 bits per heavy atom. The lowest BCUT2D eigenvalue weighted by atomic mass is 10.2. The monoisotopic (exact) mass is 380 g/mol. The smallest absolute Gasteiger partial charge is 0.245 e. The zero-order valence-corrected chi connectivity index (χ0v) is 15.5. The molecule has 3 aromatic rings. The Morgan fingerprint density at radius 2 is 1.63 bits per heavy atom. The third-order valence-electron chi connectivity index (χ3n) is 3.56. The summed E-state index contributed by atoms with van der Waals surface area (Å²) < 4.78 is 11.2. The van der Waals surface area contributed by atoms with Gasteiger partial charge < -0.3 is 9.47 Å². The van der Waals surface area contributed by atoms with E-state index in [0.717, 1.165) is 21.9 Å². The molecule has 0 atom stereocenters. The summed E-state index contributed by atoms with van der Waals surface area (Å²) in [4.78, 5) is 12.8. The molecule has 0 unspecified atom stereocenters. The molecular formula is C21H20N2O3S. The third kappa shape index (κ3) is 6.60. The van der Waals surface area contributed by atoms with Gasteiger partial charge in [-0.3, -0.25) is 4.79 Å². The minimum atomic E-state index is -0.132. The van der Waals surface area contributed by atoms with E-state index in [1.807, 2.05) is 72.1 Å². The molecule has 0 bridgehead atoms. The number of hydrogen-bond donors (Lipinski definition) is 1. The molecule has 138 valence electrons. The quantitative estimate of drug-likeness (QED) is 0.348. The van der Waals surface area contributed by atoms with Gasteiger partial charge in [0.2, 0.25) is 5.91 Å². The van der Waals surface area contributed by atoms with Crippen LogP contribution in [-0.2, 0) is 11.2 Å². The van der Waals surface area contributed by atoms with Gasteiger partial charge in [-0.15, -0.1) is 11.3 Å². The predicted octanol–water partition coefficient (Wildman–Crippen LogP) is 3.90. The number of ether oxygens (including phenoxy) is 2. The first-order valence-electron chi connectivity index (χ1n) is 8.54. The number of carbonyl (C=O) groups excluding carboxylic acids is 1. The number of benzene rings is 2. The van der Waals surface area contributed by atoms with E-state index in [1.165, 1.54) is 0 Å². The fraction of sp³-hybridized carbons (Fsp3) is 0.143. The summed E-state index contributed by atoms with van der Waals surface area (Å²) in [6.45, 7) is 0.935. The molecule has 2 aromatic carbocycles. The molecule has 0 saturated carbocycles. The lowest BCUT2D eigenvalue weighted by Gasteiger charge is -2.08. The normalized spacial score (nSPS) is 10.7. The maximum Gasteiger partial charge on any atom is 0.245 e. The van der Waals surface area contributed by atoms with Crippen LogP contribution in [0.15, 0.2) is 77.2 Å². The maximum atomic E-state index is 11.8. The minimum absolute atomic E-state index is 0.132. The SMILES string of the molecule is O=C(Cc1cccs1)N/N=C\c1ccc(OCCOc2ccccc2)cc1. The van der Waals surface area contributed by atoms with Crippen LogP contribution in [0.3, 0.4) is 0 Å². The lowest BCUT2D eigenvalue weighted by Crippen LogP contribution is -2.19. The molecule has 0 spiro atoms. The Hall–Kier alpha value is -3.12. The number of thiophene rings is 1. The molecule has 0 saturated heterocycles. The minimum Gasteiger partial charge on any atom is -0.490 e. The van der Waals surface area contributed by atoms with Crippen LogP contribution in [0.2, 0.25) is 0 Å². The number of carbonyl (C=O) groups is 1. The highest BCUT2D eigenvalue weighted by Gasteiger charge is 2.02. The molecule has 0 aliphatic rings. The number of hydrazone groups is 1. The van der Waals surface area contributed by atoms with Crippen molar-refractivity contribution in [2.75, 3.05) is 13.2 Å². The molecular weight excluding hydrogens is 360 g/mol. The van der Waals surface area contributed by atoms with Crippen LogP contribution in [0.25, 0.3) is 0 Å². The Morgan fingerprint density at radius 3 is 2.30 bits per heavy atom. The molecule has 1 heterocycles. The first kappa shape index (κ1) is 18.7. The first-order chi connectivity index (χ1) is 13.3. The number of nitrogens with zero attached hydrogens (tertiary/aromatic N) is 1. The van der Waals surface area contributed by atoms with Crippen molar-refractivity contribution in [3.8, 4) is 11.5 Å². The van der Waals surface area contributed by atoms with Gasteiger partial charge in [0, 0.05) is 4.88 Å². The molecule has 1 N–H and O–H groups in total. The molecule has 0 aliphatic heterocycles. The molecule has 3 rings (SSSR count). The van der Waals surface area contributed by atoms with Gasteiger partial charge >= 0.3 is 0 Å². The number of hydrogen-bond acceptors (Lipinski definition) is 5. The van der Waals surface area contributed by atoms with Crippen molar-refractivity contribution >= 4 is 23.5 Å².